The van der Waals surface area contributed by atoms with E-state index in [1.165, 1.54) is 16.0 Å². The van der Waals surface area contributed by atoms with E-state index in [2.05, 4.69) is 55.3 Å². The Hall–Kier alpha value is -1.35. The van der Waals surface area contributed by atoms with Crippen molar-refractivity contribution in [1.82, 2.24) is 4.98 Å². The van der Waals surface area contributed by atoms with Crippen LogP contribution in [0.3, 0.4) is 0 Å². The van der Waals surface area contributed by atoms with E-state index in [0.717, 1.165) is 11.7 Å². The van der Waals surface area contributed by atoms with Crippen molar-refractivity contribution in [3.8, 4) is 10.4 Å². The number of aryl methyl sites for hydroxylation is 1. The summed E-state index contributed by atoms with van der Waals surface area (Å²) in [5, 5.41) is 4.36. The lowest BCUT2D eigenvalue weighted by atomic mass is 10.1. The Morgan fingerprint density at radius 1 is 1.24 bits per heavy atom. The first-order chi connectivity index (χ1) is 8.15. The van der Waals surface area contributed by atoms with E-state index in [9.17, 15) is 0 Å². The standard InChI is InChI=1S/C14H18N2S/c1-10(2)8-15-14-16-9-13(17-14)12-6-4-11(3)5-7-12/h4-7,9-10H,8H2,1-3H3,(H,15,16). The first-order valence-corrected chi connectivity index (χ1v) is 6.73. The van der Waals surface area contributed by atoms with Gasteiger partial charge in [-0.3, -0.25) is 0 Å². The molecule has 0 aliphatic rings. The third kappa shape index (κ3) is 3.30. The van der Waals surface area contributed by atoms with Crippen molar-refractivity contribution < 1.29 is 0 Å². The quantitative estimate of drug-likeness (QED) is 0.875. The Morgan fingerprint density at radius 2 is 1.94 bits per heavy atom. The van der Waals surface area contributed by atoms with Gasteiger partial charge in [-0.05, 0) is 18.4 Å². The van der Waals surface area contributed by atoms with E-state index in [0.29, 0.717) is 5.92 Å². The maximum absolute atomic E-state index is 4.39. The Labute approximate surface area is 107 Å². The topological polar surface area (TPSA) is 24.9 Å². The average molecular weight is 246 g/mol. The van der Waals surface area contributed by atoms with E-state index >= 15 is 0 Å². The molecule has 17 heavy (non-hydrogen) atoms. The van der Waals surface area contributed by atoms with Crippen molar-refractivity contribution in [1.29, 1.82) is 0 Å². The Kier molecular flexibility index (Phi) is 3.79. The van der Waals surface area contributed by atoms with Crippen molar-refractivity contribution >= 4 is 16.5 Å². The molecule has 0 aliphatic carbocycles. The zero-order valence-electron chi connectivity index (χ0n) is 10.5. The Balaban J connectivity index is 2.10. The van der Waals surface area contributed by atoms with Gasteiger partial charge in [0.05, 0.1) is 4.88 Å². The van der Waals surface area contributed by atoms with Crippen molar-refractivity contribution in [2.45, 2.75) is 20.8 Å². The molecule has 1 N–H and O–H groups in total. The minimum atomic E-state index is 0.640. The summed E-state index contributed by atoms with van der Waals surface area (Å²) in [6.45, 7) is 7.47. The van der Waals surface area contributed by atoms with Crippen LogP contribution in [0.5, 0.6) is 0 Å². The smallest absolute Gasteiger partial charge is 0.183 e. The minimum Gasteiger partial charge on any atom is -0.361 e. The molecule has 2 nitrogen and oxygen atoms in total. The average Bonchev–Trinajstić information content (AvgIpc) is 2.76. The van der Waals surface area contributed by atoms with Crippen LogP contribution in [-0.2, 0) is 0 Å². The molecule has 0 unspecified atom stereocenters. The molecule has 1 aromatic carbocycles. The first-order valence-electron chi connectivity index (χ1n) is 5.92. The summed E-state index contributed by atoms with van der Waals surface area (Å²) in [5.74, 6) is 0.640. The minimum absolute atomic E-state index is 0.640. The van der Waals surface area contributed by atoms with Gasteiger partial charge in [0, 0.05) is 12.7 Å². The molecule has 0 bridgehead atoms. The van der Waals surface area contributed by atoms with Crippen LogP contribution in [0.4, 0.5) is 5.13 Å². The monoisotopic (exact) mass is 246 g/mol. The molecular weight excluding hydrogens is 228 g/mol. The molecule has 0 saturated carbocycles. The molecule has 0 fully saturated rings. The van der Waals surface area contributed by atoms with Crippen LogP contribution in [0, 0.1) is 12.8 Å². The predicted octanol–water partition coefficient (Wildman–Crippen LogP) is 4.19. The van der Waals surface area contributed by atoms with Gasteiger partial charge in [0.2, 0.25) is 0 Å². The summed E-state index contributed by atoms with van der Waals surface area (Å²) in [6, 6.07) is 8.57. The van der Waals surface area contributed by atoms with Gasteiger partial charge in [-0.25, -0.2) is 4.98 Å². The lowest BCUT2D eigenvalue weighted by Gasteiger charge is -2.04. The zero-order valence-corrected chi connectivity index (χ0v) is 11.3. The molecular formula is C14H18N2S. The highest BCUT2D eigenvalue weighted by Gasteiger charge is 2.04. The second kappa shape index (κ2) is 5.32. The van der Waals surface area contributed by atoms with Crippen molar-refractivity contribution in [2.75, 3.05) is 11.9 Å². The van der Waals surface area contributed by atoms with Crippen LogP contribution >= 0.6 is 11.3 Å². The van der Waals surface area contributed by atoms with Gasteiger partial charge in [0.1, 0.15) is 0 Å². The third-order valence-corrected chi connectivity index (χ3v) is 3.51. The van der Waals surface area contributed by atoms with E-state index in [-0.39, 0.29) is 0 Å². The van der Waals surface area contributed by atoms with Gasteiger partial charge in [-0.15, -0.1) is 0 Å². The molecule has 0 spiro atoms. The molecule has 1 aromatic heterocycles. The molecule has 0 amide bonds. The Morgan fingerprint density at radius 3 is 2.59 bits per heavy atom. The number of nitrogens with one attached hydrogen (secondary N) is 1. The van der Waals surface area contributed by atoms with E-state index in [4.69, 9.17) is 0 Å². The van der Waals surface area contributed by atoms with Gasteiger partial charge >= 0.3 is 0 Å². The number of rotatable bonds is 4. The first kappa shape index (κ1) is 12.1. The zero-order chi connectivity index (χ0) is 12.3. The van der Waals surface area contributed by atoms with E-state index < -0.39 is 0 Å². The third-order valence-electron chi connectivity index (χ3n) is 2.50. The lowest BCUT2D eigenvalue weighted by Crippen LogP contribution is -2.07. The fourth-order valence-electron chi connectivity index (χ4n) is 1.50. The highest BCUT2D eigenvalue weighted by Crippen LogP contribution is 2.29. The van der Waals surface area contributed by atoms with Gasteiger partial charge < -0.3 is 5.32 Å². The number of aromatic nitrogens is 1. The van der Waals surface area contributed by atoms with Crippen LogP contribution in [0.2, 0.25) is 0 Å². The van der Waals surface area contributed by atoms with Crippen molar-refractivity contribution in [2.24, 2.45) is 5.92 Å². The number of thiazole rings is 1. The fourth-order valence-corrected chi connectivity index (χ4v) is 2.33. The molecule has 90 valence electrons. The fraction of sp³-hybridized carbons (Fsp3) is 0.357. The normalized spacial score (nSPS) is 10.8. The molecule has 2 aromatic rings. The van der Waals surface area contributed by atoms with Crippen LogP contribution in [-0.4, -0.2) is 11.5 Å². The molecule has 0 aliphatic heterocycles. The summed E-state index contributed by atoms with van der Waals surface area (Å²) in [5.41, 5.74) is 2.53. The summed E-state index contributed by atoms with van der Waals surface area (Å²) in [6.07, 6.45) is 1.94. The summed E-state index contributed by atoms with van der Waals surface area (Å²) in [7, 11) is 0. The largest absolute Gasteiger partial charge is 0.361 e. The summed E-state index contributed by atoms with van der Waals surface area (Å²) in [4.78, 5) is 5.61. The summed E-state index contributed by atoms with van der Waals surface area (Å²) < 4.78 is 0. The molecule has 1 heterocycles. The van der Waals surface area contributed by atoms with Gasteiger partial charge in [0.15, 0.2) is 5.13 Å². The SMILES string of the molecule is Cc1ccc(-c2cnc(NCC(C)C)s2)cc1. The van der Waals surface area contributed by atoms with Gasteiger partial charge in [-0.2, -0.15) is 0 Å². The number of benzene rings is 1. The van der Waals surface area contributed by atoms with Crippen LogP contribution in [0.15, 0.2) is 30.5 Å². The highest BCUT2D eigenvalue weighted by atomic mass is 32.1. The van der Waals surface area contributed by atoms with Crippen LogP contribution in [0.25, 0.3) is 10.4 Å². The molecule has 2 rings (SSSR count). The maximum Gasteiger partial charge on any atom is 0.183 e. The molecule has 3 heteroatoms. The summed E-state index contributed by atoms with van der Waals surface area (Å²) >= 11 is 1.71. The van der Waals surface area contributed by atoms with E-state index in [1.807, 2.05) is 6.20 Å². The number of hydrogen-bond donors (Lipinski definition) is 1. The second-order valence-corrected chi connectivity index (χ2v) is 5.70. The predicted molar refractivity (Wildman–Crippen MR) is 75.6 cm³/mol. The van der Waals surface area contributed by atoms with Gasteiger partial charge in [-0.1, -0.05) is 55.0 Å². The second-order valence-electron chi connectivity index (χ2n) is 4.67. The van der Waals surface area contributed by atoms with Gasteiger partial charge in [0.25, 0.3) is 0 Å². The van der Waals surface area contributed by atoms with E-state index in [1.54, 1.807) is 11.3 Å². The van der Waals surface area contributed by atoms with Crippen LogP contribution in [0.1, 0.15) is 19.4 Å². The Bertz CT molecular complexity index is 471. The maximum atomic E-state index is 4.39. The molecule has 0 radical (unpaired) electrons. The molecule has 0 saturated heterocycles. The lowest BCUT2D eigenvalue weighted by molar-refractivity contribution is 0.688. The van der Waals surface area contributed by atoms with Crippen LogP contribution < -0.4 is 5.32 Å². The van der Waals surface area contributed by atoms with Crippen molar-refractivity contribution in [3.05, 3.63) is 36.0 Å². The number of nitrogens with zero attached hydrogens (tertiary/aromatic N) is 1. The number of anilines is 1. The number of hydrogen-bond acceptors (Lipinski definition) is 3. The van der Waals surface area contributed by atoms with Crippen molar-refractivity contribution in [3.63, 3.8) is 0 Å². The molecule has 0 atom stereocenters. The highest BCUT2D eigenvalue weighted by molar-refractivity contribution is 7.18.